The van der Waals surface area contributed by atoms with Crippen LogP contribution in [0.1, 0.15) is 36.0 Å². The monoisotopic (exact) mass is 297 g/mol. The second kappa shape index (κ2) is 6.00. The largest absolute Gasteiger partial charge is 0.451 e. The summed E-state index contributed by atoms with van der Waals surface area (Å²) in [7, 11) is 0. The Bertz CT molecular complexity index is 572. The Balaban J connectivity index is 2.13. The summed E-state index contributed by atoms with van der Waals surface area (Å²) in [6.45, 7) is 0. The molecule has 6 nitrogen and oxygen atoms in total. The average Bonchev–Trinajstić information content (AvgIpc) is 2.41. The lowest BCUT2D eigenvalue weighted by Gasteiger charge is -2.20. The molecule has 1 aromatic carbocycles. The van der Waals surface area contributed by atoms with Crippen molar-refractivity contribution < 1.29 is 19.2 Å². The van der Waals surface area contributed by atoms with Gasteiger partial charge in [-0.25, -0.2) is 4.79 Å². The maximum absolute atomic E-state index is 11.9. The first-order valence-corrected chi connectivity index (χ1v) is 6.54. The molecule has 20 heavy (non-hydrogen) atoms. The number of ether oxygens (including phenoxy) is 1. The molecule has 2 rings (SSSR count). The van der Waals surface area contributed by atoms with E-state index in [-0.39, 0.29) is 22.1 Å². The van der Waals surface area contributed by atoms with Crippen molar-refractivity contribution in [2.75, 3.05) is 0 Å². The third-order valence-electron chi connectivity index (χ3n) is 3.13. The van der Waals surface area contributed by atoms with Gasteiger partial charge in [-0.3, -0.25) is 14.9 Å². The van der Waals surface area contributed by atoms with E-state index in [1.54, 1.807) is 0 Å². The molecule has 1 aliphatic rings. The highest BCUT2D eigenvalue weighted by molar-refractivity contribution is 6.33. The summed E-state index contributed by atoms with van der Waals surface area (Å²) in [5.41, 5.74) is -0.184. The van der Waals surface area contributed by atoms with E-state index in [1.165, 1.54) is 12.1 Å². The first-order chi connectivity index (χ1) is 9.49. The number of nitro groups is 1. The molecular weight excluding hydrogens is 286 g/mol. The van der Waals surface area contributed by atoms with E-state index in [4.69, 9.17) is 16.3 Å². The Morgan fingerprint density at radius 2 is 2.15 bits per heavy atom. The number of rotatable bonds is 3. The molecule has 106 valence electrons. The standard InChI is InChI=1S/C13H12ClNO5/c14-10-7-8(15(18)19)5-6-9(10)13(17)20-12-4-2-1-3-11(12)16/h5-7,12H,1-4H2/t12-/m1/s1. The minimum atomic E-state index is -0.734. The highest BCUT2D eigenvalue weighted by atomic mass is 35.5. The molecule has 0 saturated heterocycles. The summed E-state index contributed by atoms with van der Waals surface area (Å²) in [4.78, 5) is 33.5. The normalized spacial score (nSPS) is 18.6. The SMILES string of the molecule is O=C(O[C@@H]1CCCCC1=O)c1ccc([N+](=O)[O-])cc1Cl. The number of hydrogen-bond acceptors (Lipinski definition) is 5. The van der Waals surface area contributed by atoms with Gasteiger partial charge in [0.15, 0.2) is 11.9 Å². The highest BCUT2D eigenvalue weighted by Crippen LogP contribution is 2.25. The molecular formula is C13H12ClNO5. The number of hydrogen-bond donors (Lipinski definition) is 0. The Labute approximate surface area is 119 Å². The quantitative estimate of drug-likeness (QED) is 0.486. The number of nitro benzene ring substituents is 1. The van der Waals surface area contributed by atoms with E-state index < -0.39 is 17.0 Å². The van der Waals surface area contributed by atoms with E-state index in [0.29, 0.717) is 12.8 Å². The molecule has 1 aliphatic carbocycles. The fraction of sp³-hybridized carbons (Fsp3) is 0.385. The second-order valence-corrected chi connectivity index (χ2v) is 4.93. The summed E-state index contributed by atoms with van der Waals surface area (Å²) in [5, 5.41) is 10.5. The van der Waals surface area contributed by atoms with Crippen LogP contribution >= 0.6 is 11.6 Å². The molecule has 1 saturated carbocycles. The van der Waals surface area contributed by atoms with E-state index in [2.05, 4.69) is 0 Å². The molecule has 0 spiro atoms. The van der Waals surface area contributed by atoms with Gasteiger partial charge in [0, 0.05) is 18.6 Å². The molecule has 0 amide bonds. The topological polar surface area (TPSA) is 86.5 Å². The molecule has 1 fully saturated rings. The van der Waals surface area contributed by atoms with Crippen molar-refractivity contribution in [3.05, 3.63) is 38.9 Å². The van der Waals surface area contributed by atoms with Gasteiger partial charge in [0.2, 0.25) is 0 Å². The summed E-state index contributed by atoms with van der Waals surface area (Å²) in [6, 6.07) is 3.49. The van der Waals surface area contributed by atoms with Gasteiger partial charge in [-0.05, 0) is 25.3 Å². The number of benzene rings is 1. The number of carbonyl (C=O) groups excluding carboxylic acids is 2. The van der Waals surface area contributed by atoms with Gasteiger partial charge in [0.1, 0.15) is 0 Å². The average molecular weight is 298 g/mol. The minimum Gasteiger partial charge on any atom is -0.451 e. The van der Waals surface area contributed by atoms with Crippen LogP contribution in [-0.4, -0.2) is 22.8 Å². The Hall–Kier alpha value is -1.95. The molecule has 1 atom stereocenters. The zero-order valence-electron chi connectivity index (χ0n) is 10.5. The van der Waals surface area contributed by atoms with Gasteiger partial charge in [-0.2, -0.15) is 0 Å². The van der Waals surface area contributed by atoms with Crippen molar-refractivity contribution in [3.63, 3.8) is 0 Å². The van der Waals surface area contributed by atoms with Gasteiger partial charge in [-0.15, -0.1) is 0 Å². The molecule has 0 heterocycles. The third kappa shape index (κ3) is 3.14. The zero-order chi connectivity index (χ0) is 14.7. The number of halogens is 1. The van der Waals surface area contributed by atoms with Crippen molar-refractivity contribution in [1.29, 1.82) is 0 Å². The molecule has 0 N–H and O–H groups in total. The van der Waals surface area contributed by atoms with Crippen LogP contribution in [0.4, 0.5) is 5.69 Å². The molecule has 0 bridgehead atoms. The number of esters is 1. The lowest BCUT2D eigenvalue weighted by atomic mass is 9.96. The van der Waals surface area contributed by atoms with Gasteiger partial charge in [0.05, 0.1) is 15.5 Å². The van der Waals surface area contributed by atoms with Crippen molar-refractivity contribution in [3.8, 4) is 0 Å². The molecule has 0 radical (unpaired) electrons. The van der Waals surface area contributed by atoms with Crippen LogP contribution in [0.25, 0.3) is 0 Å². The molecule has 0 aromatic heterocycles. The molecule has 1 aromatic rings. The first kappa shape index (κ1) is 14.5. The zero-order valence-corrected chi connectivity index (χ0v) is 11.3. The Morgan fingerprint density at radius 3 is 2.75 bits per heavy atom. The van der Waals surface area contributed by atoms with E-state index >= 15 is 0 Å². The fourth-order valence-electron chi connectivity index (χ4n) is 2.05. The smallest absolute Gasteiger partial charge is 0.340 e. The molecule has 0 aliphatic heterocycles. The van der Waals surface area contributed by atoms with Crippen molar-refractivity contribution in [1.82, 2.24) is 0 Å². The van der Waals surface area contributed by atoms with Gasteiger partial charge < -0.3 is 4.74 Å². The van der Waals surface area contributed by atoms with Crippen LogP contribution in [0.15, 0.2) is 18.2 Å². The van der Waals surface area contributed by atoms with Crippen molar-refractivity contribution in [2.24, 2.45) is 0 Å². The summed E-state index contributed by atoms with van der Waals surface area (Å²) >= 11 is 5.83. The lowest BCUT2D eigenvalue weighted by Crippen LogP contribution is -2.30. The van der Waals surface area contributed by atoms with Gasteiger partial charge in [0.25, 0.3) is 5.69 Å². The Morgan fingerprint density at radius 1 is 1.40 bits per heavy atom. The predicted molar refractivity (Wildman–Crippen MR) is 70.8 cm³/mol. The minimum absolute atomic E-state index is 0.0237. The fourth-order valence-corrected chi connectivity index (χ4v) is 2.30. The summed E-state index contributed by atoms with van der Waals surface area (Å²) < 4.78 is 5.13. The maximum atomic E-state index is 11.9. The van der Waals surface area contributed by atoms with Crippen LogP contribution in [0.2, 0.25) is 5.02 Å². The summed E-state index contributed by atoms with van der Waals surface area (Å²) in [6.07, 6.45) is 1.83. The first-order valence-electron chi connectivity index (χ1n) is 6.16. The predicted octanol–water partition coefficient (Wildman–Crippen LogP) is 2.92. The Kier molecular flexibility index (Phi) is 4.34. The number of non-ortho nitro benzene ring substituents is 1. The number of carbonyl (C=O) groups is 2. The van der Waals surface area contributed by atoms with Crippen molar-refractivity contribution in [2.45, 2.75) is 31.8 Å². The van der Waals surface area contributed by atoms with Crippen LogP contribution in [0, 0.1) is 10.1 Å². The van der Waals surface area contributed by atoms with Crippen LogP contribution in [-0.2, 0) is 9.53 Å². The van der Waals surface area contributed by atoms with E-state index in [9.17, 15) is 19.7 Å². The highest BCUT2D eigenvalue weighted by Gasteiger charge is 2.27. The van der Waals surface area contributed by atoms with E-state index in [1.807, 2.05) is 0 Å². The third-order valence-corrected chi connectivity index (χ3v) is 3.44. The second-order valence-electron chi connectivity index (χ2n) is 4.53. The maximum Gasteiger partial charge on any atom is 0.340 e. The van der Waals surface area contributed by atoms with Crippen LogP contribution < -0.4 is 0 Å². The van der Waals surface area contributed by atoms with Crippen LogP contribution in [0.5, 0.6) is 0 Å². The number of ketones is 1. The molecule has 0 unspecified atom stereocenters. The number of Topliss-reactive ketones (excluding diaryl/α,β-unsaturated/α-hetero) is 1. The van der Waals surface area contributed by atoms with Crippen LogP contribution in [0.3, 0.4) is 0 Å². The van der Waals surface area contributed by atoms with Gasteiger partial charge >= 0.3 is 5.97 Å². The van der Waals surface area contributed by atoms with E-state index in [0.717, 1.165) is 18.9 Å². The lowest BCUT2D eigenvalue weighted by molar-refractivity contribution is -0.384. The summed E-state index contributed by atoms with van der Waals surface area (Å²) in [5.74, 6) is -0.826. The molecule has 7 heteroatoms. The van der Waals surface area contributed by atoms with Crippen molar-refractivity contribution >= 4 is 29.0 Å². The number of nitrogens with zero attached hydrogens (tertiary/aromatic N) is 1. The van der Waals surface area contributed by atoms with Gasteiger partial charge in [-0.1, -0.05) is 11.6 Å².